The van der Waals surface area contributed by atoms with Crippen LogP contribution in [0.1, 0.15) is 12.5 Å². The van der Waals surface area contributed by atoms with Gasteiger partial charge in [-0.3, -0.25) is 9.89 Å². The van der Waals surface area contributed by atoms with E-state index in [1.807, 2.05) is 6.26 Å². The summed E-state index contributed by atoms with van der Waals surface area (Å²) in [6.45, 7) is 3.70. The standard InChI is InChI=1S/C14H21FN2OS2/c1-5-17(2)13(19-3)9-16-14(20-4)11-7-6-10(15)8-12(11)18/h6-8,13,18H,5,9H2,1-4H3/t13-/m1/s1. The molecular weight excluding hydrogens is 295 g/mol. The average molecular weight is 316 g/mol. The van der Waals surface area contributed by atoms with Gasteiger partial charge in [-0.1, -0.05) is 6.92 Å². The second-order valence-electron chi connectivity index (χ2n) is 4.28. The van der Waals surface area contributed by atoms with Crippen LogP contribution in [0.5, 0.6) is 5.75 Å². The average Bonchev–Trinajstić information content (AvgIpc) is 2.44. The van der Waals surface area contributed by atoms with Gasteiger partial charge in [-0.2, -0.15) is 0 Å². The number of benzene rings is 1. The molecule has 0 aromatic heterocycles. The largest absolute Gasteiger partial charge is 0.507 e. The first-order valence-corrected chi connectivity index (χ1v) is 8.85. The number of halogens is 1. The van der Waals surface area contributed by atoms with Gasteiger partial charge in [0.1, 0.15) is 16.6 Å². The predicted octanol–water partition coefficient (Wildman–Crippen LogP) is 3.28. The Hall–Kier alpha value is -0.720. The topological polar surface area (TPSA) is 35.8 Å². The number of phenolic OH excluding ortho intramolecular Hbond substituents is 1. The Morgan fingerprint density at radius 2 is 2.15 bits per heavy atom. The zero-order valence-corrected chi connectivity index (χ0v) is 13.9. The molecule has 6 heteroatoms. The summed E-state index contributed by atoms with van der Waals surface area (Å²) in [6, 6.07) is 4.02. The highest BCUT2D eigenvalue weighted by Gasteiger charge is 2.13. The van der Waals surface area contributed by atoms with E-state index < -0.39 is 5.82 Å². The molecule has 0 radical (unpaired) electrons. The van der Waals surface area contributed by atoms with Crippen LogP contribution in [0.3, 0.4) is 0 Å². The smallest absolute Gasteiger partial charge is 0.128 e. The molecule has 0 aliphatic heterocycles. The third-order valence-electron chi connectivity index (χ3n) is 3.04. The van der Waals surface area contributed by atoms with Crippen LogP contribution in [0.15, 0.2) is 23.2 Å². The van der Waals surface area contributed by atoms with E-state index in [-0.39, 0.29) is 5.75 Å². The van der Waals surface area contributed by atoms with E-state index >= 15 is 0 Å². The zero-order chi connectivity index (χ0) is 15.1. The number of hydrogen-bond acceptors (Lipinski definition) is 5. The number of aliphatic imine (C=N–C) groups is 1. The molecule has 1 atom stereocenters. The van der Waals surface area contributed by atoms with Crippen LogP contribution >= 0.6 is 23.5 Å². The summed E-state index contributed by atoms with van der Waals surface area (Å²) in [5.74, 6) is -0.512. The molecule has 0 saturated carbocycles. The third kappa shape index (κ3) is 4.68. The molecule has 0 amide bonds. The summed E-state index contributed by atoms with van der Waals surface area (Å²) < 4.78 is 13.0. The number of aromatic hydroxyl groups is 1. The summed E-state index contributed by atoms with van der Waals surface area (Å²) in [6.07, 6.45) is 3.96. The van der Waals surface area contributed by atoms with Crippen LogP contribution in [-0.2, 0) is 0 Å². The molecule has 20 heavy (non-hydrogen) atoms. The van der Waals surface area contributed by atoms with Gasteiger partial charge >= 0.3 is 0 Å². The van der Waals surface area contributed by atoms with Gasteiger partial charge in [0.25, 0.3) is 0 Å². The number of nitrogens with zero attached hydrogens (tertiary/aromatic N) is 2. The lowest BCUT2D eigenvalue weighted by molar-refractivity contribution is 0.336. The molecule has 0 aliphatic carbocycles. The Morgan fingerprint density at radius 1 is 1.45 bits per heavy atom. The number of likely N-dealkylation sites (N-methyl/N-ethyl adjacent to an activating group) is 1. The normalized spacial score (nSPS) is 13.8. The van der Waals surface area contributed by atoms with E-state index in [2.05, 4.69) is 30.1 Å². The van der Waals surface area contributed by atoms with Crippen molar-refractivity contribution in [1.82, 2.24) is 4.90 Å². The van der Waals surface area contributed by atoms with Gasteiger partial charge in [0, 0.05) is 11.6 Å². The molecule has 112 valence electrons. The van der Waals surface area contributed by atoms with Crippen molar-refractivity contribution in [2.45, 2.75) is 12.3 Å². The van der Waals surface area contributed by atoms with E-state index in [9.17, 15) is 9.50 Å². The molecule has 0 saturated heterocycles. The molecule has 3 nitrogen and oxygen atoms in total. The van der Waals surface area contributed by atoms with Crippen molar-refractivity contribution < 1.29 is 9.50 Å². The molecule has 0 fully saturated rings. The van der Waals surface area contributed by atoms with Crippen LogP contribution < -0.4 is 0 Å². The Balaban J connectivity index is 2.91. The maximum atomic E-state index is 13.0. The van der Waals surface area contributed by atoms with Crippen molar-refractivity contribution in [2.75, 3.05) is 32.6 Å². The monoisotopic (exact) mass is 316 g/mol. The van der Waals surface area contributed by atoms with Crippen LogP contribution in [0.2, 0.25) is 0 Å². The minimum Gasteiger partial charge on any atom is -0.507 e. The van der Waals surface area contributed by atoms with Gasteiger partial charge in [-0.25, -0.2) is 4.39 Å². The molecule has 1 N–H and O–H groups in total. The Kier molecular flexibility index (Phi) is 7.40. The van der Waals surface area contributed by atoms with Crippen LogP contribution in [0, 0.1) is 5.82 Å². The highest BCUT2D eigenvalue weighted by atomic mass is 32.2. The van der Waals surface area contributed by atoms with Crippen molar-refractivity contribution in [1.29, 1.82) is 0 Å². The SMILES string of the molecule is CCN(C)[C@@H](CN=C(SC)c1ccc(F)cc1O)SC. The molecule has 1 rings (SSSR count). The van der Waals surface area contributed by atoms with Crippen LogP contribution in [0.4, 0.5) is 4.39 Å². The van der Waals surface area contributed by atoms with Gasteiger partial charge in [-0.15, -0.1) is 23.5 Å². The first-order valence-electron chi connectivity index (χ1n) is 6.33. The molecular formula is C14H21FN2OS2. The highest BCUT2D eigenvalue weighted by Crippen LogP contribution is 2.23. The molecule has 0 spiro atoms. The summed E-state index contributed by atoms with van der Waals surface area (Å²) in [7, 11) is 2.06. The van der Waals surface area contributed by atoms with Crippen molar-refractivity contribution in [3.05, 3.63) is 29.6 Å². The van der Waals surface area contributed by atoms with Gasteiger partial charge < -0.3 is 5.11 Å². The molecule has 0 unspecified atom stereocenters. The lowest BCUT2D eigenvalue weighted by atomic mass is 10.2. The van der Waals surface area contributed by atoms with E-state index in [0.29, 0.717) is 17.5 Å². The van der Waals surface area contributed by atoms with Gasteiger partial charge in [0.05, 0.1) is 11.9 Å². The van der Waals surface area contributed by atoms with E-state index in [1.54, 1.807) is 17.8 Å². The van der Waals surface area contributed by atoms with Gasteiger partial charge in [0.2, 0.25) is 0 Å². The third-order valence-corrected chi connectivity index (χ3v) is 4.83. The quantitative estimate of drug-likeness (QED) is 0.496. The number of hydrogen-bond donors (Lipinski definition) is 1. The lowest BCUT2D eigenvalue weighted by Crippen LogP contribution is -2.31. The molecule has 0 bridgehead atoms. The van der Waals surface area contributed by atoms with Crippen molar-refractivity contribution in [3.8, 4) is 5.75 Å². The second kappa shape index (κ2) is 8.54. The summed E-state index contributed by atoms with van der Waals surface area (Å²) in [4.78, 5) is 6.80. The lowest BCUT2D eigenvalue weighted by Gasteiger charge is -2.23. The minimum atomic E-state index is -0.445. The summed E-state index contributed by atoms with van der Waals surface area (Å²) in [5, 5.41) is 10.8. The molecule has 1 aromatic carbocycles. The molecule has 0 aliphatic rings. The summed E-state index contributed by atoms with van der Waals surface area (Å²) in [5.41, 5.74) is 0.581. The Labute approximate surface area is 128 Å². The first-order chi connectivity index (χ1) is 9.53. The van der Waals surface area contributed by atoms with Crippen molar-refractivity contribution in [2.24, 2.45) is 4.99 Å². The van der Waals surface area contributed by atoms with E-state index in [4.69, 9.17) is 0 Å². The Morgan fingerprint density at radius 3 is 2.65 bits per heavy atom. The fourth-order valence-corrected chi connectivity index (χ4v) is 3.03. The van der Waals surface area contributed by atoms with Gasteiger partial charge in [-0.05, 0) is 38.2 Å². The molecule has 1 aromatic rings. The number of phenols is 1. The molecule has 0 heterocycles. The predicted molar refractivity (Wildman–Crippen MR) is 88.6 cm³/mol. The van der Waals surface area contributed by atoms with Crippen molar-refractivity contribution >= 4 is 28.6 Å². The minimum absolute atomic E-state index is 0.0670. The first kappa shape index (κ1) is 17.3. The van der Waals surface area contributed by atoms with E-state index in [0.717, 1.165) is 17.7 Å². The fraction of sp³-hybridized carbons (Fsp3) is 0.500. The van der Waals surface area contributed by atoms with E-state index in [1.165, 1.54) is 17.8 Å². The van der Waals surface area contributed by atoms with Crippen LogP contribution in [0.25, 0.3) is 0 Å². The van der Waals surface area contributed by atoms with Gasteiger partial charge in [0.15, 0.2) is 0 Å². The number of rotatable bonds is 6. The maximum absolute atomic E-state index is 13.0. The fourth-order valence-electron chi connectivity index (χ4n) is 1.70. The second-order valence-corrected chi connectivity index (χ2v) is 6.09. The van der Waals surface area contributed by atoms with Crippen molar-refractivity contribution in [3.63, 3.8) is 0 Å². The summed E-state index contributed by atoms with van der Waals surface area (Å²) >= 11 is 3.20. The maximum Gasteiger partial charge on any atom is 0.128 e. The zero-order valence-electron chi connectivity index (χ0n) is 12.3. The van der Waals surface area contributed by atoms with Crippen LogP contribution in [-0.4, -0.2) is 53.1 Å². The Bertz CT molecular complexity index is 468. The number of thioether (sulfide) groups is 2. The highest BCUT2D eigenvalue weighted by molar-refractivity contribution is 8.13.